The molecule has 0 unspecified atom stereocenters. The van der Waals surface area contributed by atoms with E-state index in [1.165, 1.54) is 7.11 Å². The van der Waals surface area contributed by atoms with Crippen molar-refractivity contribution in [1.82, 2.24) is 4.90 Å². The molecule has 0 aromatic heterocycles. The van der Waals surface area contributed by atoms with Crippen LogP contribution in [0.5, 0.6) is 5.75 Å². The largest absolute Gasteiger partial charge is 0.487 e. The van der Waals surface area contributed by atoms with E-state index in [2.05, 4.69) is 5.32 Å². The van der Waals surface area contributed by atoms with Crippen LogP contribution in [0, 0.1) is 0 Å². The number of benzene rings is 1. The molecule has 30 heavy (non-hydrogen) atoms. The molecule has 2 fully saturated rings. The number of methoxy groups -OCH3 is 1. The molecule has 3 heterocycles. The SMILES string of the molecule is COCC(=O)Nc1ccc2c(c1)[C@H]1C[C@H](CC(=O)N3CCOCC3)O[C@H](CO)[C@H]1O2. The van der Waals surface area contributed by atoms with Gasteiger partial charge in [-0.1, -0.05) is 0 Å². The molecule has 0 radical (unpaired) electrons. The lowest BCUT2D eigenvalue weighted by Gasteiger charge is -2.38. The zero-order valence-corrected chi connectivity index (χ0v) is 17.0. The Morgan fingerprint density at radius 2 is 2.10 bits per heavy atom. The average molecular weight is 420 g/mol. The molecule has 0 aliphatic carbocycles. The van der Waals surface area contributed by atoms with Gasteiger partial charge in [-0.05, 0) is 24.6 Å². The second kappa shape index (κ2) is 9.30. The molecule has 164 valence electrons. The first-order valence-corrected chi connectivity index (χ1v) is 10.3. The Balaban J connectivity index is 1.48. The average Bonchev–Trinajstić information content (AvgIpc) is 3.12. The van der Waals surface area contributed by atoms with Crippen molar-refractivity contribution in [3.05, 3.63) is 23.8 Å². The number of nitrogens with one attached hydrogen (secondary N) is 1. The lowest BCUT2D eigenvalue weighted by Crippen LogP contribution is -2.48. The molecule has 4 atom stereocenters. The number of aliphatic hydroxyl groups is 1. The second-order valence-electron chi connectivity index (χ2n) is 7.83. The third-order valence-corrected chi connectivity index (χ3v) is 5.82. The Morgan fingerprint density at radius 1 is 1.30 bits per heavy atom. The van der Waals surface area contributed by atoms with Crippen LogP contribution in [0.1, 0.15) is 24.3 Å². The van der Waals surface area contributed by atoms with E-state index in [-0.39, 0.29) is 49.6 Å². The van der Waals surface area contributed by atoms with Crippen LogP contribution in [0.4, 0.5) is 5.69 Å². The first kappa shape index (κ1) is 21.0. The van der Waals surface area contributed by atoms with Crippen LogP contribution in [0.15, 0.2) is 18.2 Å². The first-order valence-electron chi connectivity index (χ1n) is 10.3. The van der Waals surface area contributed by atoms with Gasteiger partial charge in [0, 0.05) is 37.4 Å². The molecule has 2 N–H and O–H groups in total. The van der Waals surface area contributed by atoms with E-state index < -0.39 is 6.10 Å². The molecule has 3 aliphatic rings. The molecule has 1 aromatic rings. The van der Waals surface area contributed by atoms with Gasteiger partial charge in [-0.2, -0.15) is 0 Å². The van der Waals surface area contributed by atoms with Crippen LogP contribution >= 0.6 is 0 Å². The van der Waals surface area contributed by atoms with Gasteiger partial charge in [0.15, 0.2) is 0 Å². The molecule has 1 aromatic carbocycles. The van der Waals surface area contributed by atoms with Gasteiger partial charge < -0.3 is 34.3 Å². The summed E-state index contributed by atoms with van der Waals surface area (Å²) in [6.07, 6.45) is -0.256. The van der Waals surface area contributed by atoms with E-state index in [0.29, 0.717) is 38.4 Å². The highest BCUT2D eigenvalue weighted by atomic mass is 16.6. The van der Waals surface area contributed by atoms with Crippen molar-refractivity contribution >= 4 is 17.5 Å². The lowest BCUT2D eigenvalue weighted by atomic mass is 9.84. The maximum Gasteiger partial charge on any atom is 0.250 e. The summed E-state index contributed by atoms with van der Waals surface area (Å²) in [7, 11) is 1.47. The van der Waals surface area contributed by atoms with Gasteiger partial charge in [-0.25, -0.2) is 0 Å². The number of hydrogen-bond donors (Lipinski definition) is 2. The zero-order valence-electron chi connectivity index (χ0n) is 17.0. The third-order valence-electron chi connectivity index (χ3n) is 5.82. The van der Waals surface area contributed by atoms with Crippen molar-refractivity contribution in [2.24, 2.45) is 0 Å². The number of morpholine rings is 1. The Labute approximate surface area is 175 Å². The molecule has 2 amide bonds. The number of anilines is 1. The van der Waals surface area contributed by atoms with Gasteiger partial charge in [0.1, 0.15) is 24.6 Å². The van der Waals surface area contributed by atoms with Gasteiger partial charge in [0.05, 0.1) is 32.3 Å². The number of carbonyl (C=O) groups is 2. The highest BCUT2D eigenvalue weighted by Crippen LogP contribution is 2.47. The molecule has 0 saturated carbocycles. The molecule has 2 saturated heterocycles. The van der Waals surface area contributed by atoms with Crippen molar-refractivity contribution in [3.63, 3.8) is 0 Å². The Hall–Kier alpha value is -2.20. The number of aliphatic hydroxyl groups excluding tert-OH is 1. The van der Waals surface area contributed by atoms with Gasteiger partial charge in [-0.15, -0.1) is 0 Å². The summed E-state index contributed by atoms with van der Waals surface area (Å²) in [5.41, 5.74) is 1.62. The standard InChI is InChI=1S/C21H28N2O7/c1-27-12-19(25)22-13-2-3-17-15(8-13)16-9-14(29-18(11-24)21(16)30-17)10-20(26)23-4-6-28-7-5-23/h2-3,8,14,16,18,21,24H,4-7,9-12H2,1H3,(H,22,25)/t14-,16-,18-,21+/m1/s1. The Morgan fingerprint density at radius 3 is 2.83 bits per heavy atom. The van der Waals surface area contributed by atoms with Gasteiger partial charge >= 0.3 is 0 Å². The summed E-state index contributed by atoms with van der Waals surface area (Å²) in [5, 5.41) is 12.7. The zero-order chi connectivity index (χ0) is 21.1. The fourth-order valence-electron chi connectivity index (χ4n) is 4.43. The van der Waals surface area contributed by atoms with Crippen molar-refractivity contribution < 1.29 is 33.6 Å². The van der Waals surface area contributed by atoms with Crippen LogP contribution in [-0.2, 0) is 23.8 Å². The topological polar surface area (TPSA) is 107 Å². The van der Waals surface area contributed by atoms with Crippen LogP contribution < -0.4 is 10.1 Å². The van der Waals surface area contributed by atoms with Crippen LogP contribution in [0.2, 0.25) is 0 Å². The molecule has 3 aliphatic heterocycles. The molecule has 0 spiro atoms. The van der Waals surface area contributed by atoms with Crippen molar-refractivity contribution in [2.45, 2.75) is 37.1 Å². The minimum atomic E-state index is -0.509. The molecule has 4 rings (SSSR count). The summed E-state index contributed by atoms with van der Waals surface area (Å²) < 4.78 is 22.3. The summed E-state index contributed by atoms with van der Waals surface area (Å²) in [4.78, 5) is 26.3. The van der Waals surface area contributed by atoms with Crippen LogP contribution in [-0.4, -0.2) is 86.8 Å². The predicted molar refractivity (Wildman–Crippen MR) is 106 cm³/mol. The van der Waals surface area contributed by atoms with Crippen LogP contribution in [0.25, 0.3) is 0 Å². The highest BCUT2D eigenvalue weighted by molar-refractivity contribution is 5.92. The number of fused-ring (bicyclic) bond motifs is 3. The van der Waals surface area contributed by atoms with E-state index >= 15 is 0 Å². The minimum Gasteiger partial charge on any atom is -0.487 e. The van der Waals surface area contributed by atoms with Crippen molar-refractivity contribution in [1.29, 1.82) is 0 Å². The maximum atomic E-state index is 12.7. The Kier molecular flexibility index (Phi) is 6.52. The van der Waals surface area contributed by atoms with Crippen molar-refractivity contribution in [2.75, 3.05) is 51.9 Å². The fourth-order valence-corrected chi connectivity index (χ4v) is 4.43. The molecule has 9 nitrogen and oxygen atoms in total. The van der Waals surface area contributed by atoms with Crippen LogP contribution in [0.3, 0.4) is 0 Å². The Bertz CT molecular complexity index is 781. The number of amides is 2. The number of rotatable bonds is 6. The third kappa shape index (κ3) is 4.44. The van der Waals surface area contributed by atoms with Gasteiger partial charge in [0.2, 0.25) is 11.8 Å². The summed E-state index contributed by atoms with van der Waals surface area (Å²) in [5.74, 6) is 0.505. The summed E-state index contributed by atoms with van der Waals surface area (Å²) in [6.45, 7) is 2.09. The van der Waals surface area contributed by atoms with E-state index in [1.807, 2.05) is 12.1 Å². The van der Waals surface area contributed by atoms with Crippen molar-refractivity contribution in [3.8, 4) is 5.75 Å². The molecular weight excluding hydrogens is 392 g/mol. The normalized spacial score (nSPS) is 27.7. The smallest absolute Gasteiger partial charge is 0.250 e. The monoisotopic (exact) mass is 420 g/mol. The first-order chi connectivity index (χ1) is 14.6. The highest BCUT2D eigenvalue weighted by Gasteiger charge is 2.46. The number of nitrogens with zero attached hydrogens (tertiary/aromatic N) is 1. The minimum absolute atomic E-state index is 0.0207. The number of hydrogen-bond acceptors (Lipinski definition) is 7. The maximum absolute atomic E-state index is 12.7. The predicted octanol–water partition coefficient (Wildman–Crippen LogP) is 0.515. The second-order valence-corrected chi connectivity index (χ2v) is 7.83. The molecule has 0 bridgehead atoms. The molecule has 9 heteroatoms. The van der Waals surface area contributed by atoms with E-state index in [4.69, 9.17) is 18.9 Å². The fraction of sp³-hybridized carbons (Fsp3) is 0.619. The van der Waals surface area contributed by atoms with E-state index in [0.717, 1.165) is 11.3 Å². The number of carbonyl (C=O) groups excluding carboxylic acids is 2. The molecular formula is C21H28N2O7. The van der Waals surface area contributed by atoms with E-state index in [9.17, 15) is 14.7 Å². The van der Waals surface area contributed by atoms with Gasteiger partial charge in [0.25, 0.3) is 0 Å². The van der Waals surface area contributed by atoms with Gasteiger partial charge in [-0.3, -0.25) is 9.59 Å². The summed E-state index contributed by atoms with van der Waals surface area (Å²) >= 11 is 0. The number of ether oxygens (including phenoxy) is 4. The summed E-state index contributed by atoms with van der Waals surface area (Å²) in [6, 6.07) is 5.49. The lowest BCUT2D eigenvalue weighted by molar-refractivity contribution is -0.151. The quantitative estimate of drug-likeness (QED) is 0.691. The van der Waals surface area contributed by atoms with E-state index in [1.54, 1.807) is 11.0 Å².